The number of carbonyl (C=O) groups is 1. The fraction of sp³-hybridized carbons (Fsp3) is 0.417. The van der Waals surface area contributed by atoms with Gasteiger partial charge in [-0.2, -0.15) is 11.8 Å². The van der Waals surface area contributed by atoms with Crippen LogP contribution in [0, 0.1) is 5.82 Å². The Morgan fingerprint density at radius 1 is 1.59 bits per heavy atom. The third-order valence-corrected chi connectivity index (χ3v) is 4.51. The molecule has 0 bridgehead atoms. The van der Waals surface area contributed by atoms with Gasteiger partial charge in [0.25, 0.3) is 0 Å². The van der Waals surface area contributed by atoms with Crippen molar-refractivity contribution in [2.45, 2.75) is 24.1 Å². The maximum Gasteiger partial charge on any atom is 0.330 e. The van der Waals surface area contributed by atoms with Crippen LogP contribution in [0.3, 0.4) is 0 Å². The number of benzene rings is 1. The van der Waals surface area contributed by atoms with Gasteiger partial charge in [-0.25, -0.2) is 9.18 Å². The van der Waals surface area contributed by atoms with E-state index < -0.39 is 17.3 Å². The summed E-state index contributed by atoms with van der Waals surface area (Å²) in [7, 11) is 0. The van der Waals surface area contributed by atoms with Crippen molar-refractivity contribution >= 4 is 23.4 Å². The molecule has 1 aliphatic heterocycles. The first-order chi connectivity index (χ1) is 8.06. The lowest BCUT2D eigenvalue weighted by Crippen LogP contribution is -2.51. The highest BCUT2D eigenvalue weighted by Crippen LogP contribution is 2.38. The summed E-state index contributed by atoms with van der Waals surface area (Å²) in [6.07, 6.45) is 0.502. The maximum atomic E-state index is 13.5. The van der Waals surface area contributed by atoms with Crippen molar-refractivity contribution in [3.05, 3.63) is 30.1 Å². The molecule has 0 radical (unpaired) electrons. The molecule has 3 nitrogen and oxygen atoms in total. The summed E-state index contributed by atoms with van der Waals surface area (Å²) < 4.78 is 13.5. The topological polar surface area (TPSA) is 49.3 Å². The molecule has 2 N–H and O–H groups in total. The van der Waals surface area contributed by atoms with E-state index in [-0.39, 0.29) is 10.9 Å². The van der Waals surface area contributed by atoms with Crippen LogP contribution in [-0.2, 0) is 4.79 Å². The molecule has 1 heterocycles. The first-order valence-electron chi connectivity index (χ1n) is 5.44. The number of hydrogen-bond donors (Lipinski definition) is 2. The number of aliphatic carboxylic acids is 1. The number of para-hydroxylation sites is 1. The second-order valence-electron chi connectivity index (χ2n) is 4.14. The number of nitrogens with one attached hydrogen (secondary N) is 1. The van der Waals surface area contributed by atoms with Gasteiger partial charge in [-0.1, -0.05) is 19.1 Å². The SMILES string of the molecule is CC1SCCC1(Nc1ccccc1F)C(=O)O. The van der Waals surface area contributed by atoms with Crippen molar-refractivity contribution < 1.29 is 14.3 Å². The standard InChI is InChI=1S/C12H14FNO2S/c1-8-12(11(15)16,6-7-17-8)14-10-5-3-2-4-9(10)13/h2-5,8,14H,6-7H2,1H3,(H,15,16). The number of anilines is 1. The number of carboxylic acids is 1. The second kappa shape index (κ2) is 4.56. The van der Waals surface area contributed by atoms with Crippen LogP contribution >= 0.6 is 11.8 Å². The zero-order valence-corrected chi connectivity index (χ0v) is 10.3. The fourth-order valence-corrected chi connectivity index (χ4v) is 3.40. The third-order valence-electron chi connectivity index (χ3n) is 3.17. The highest BCUT2D eigenvalue weighted by Gasteiger charge is 2.48. The molecule has 1 saturated heterocycles. The summed E-state index contributed by atoms with van der Waals surface area (Å²) >= 11 is 1.59. The van der Waals surface area contributed by atoms with Gasteiger partial charge in [0, 0.05) is 5.25 Å². The van der Waals surface area contributed by atoms with Crippen molar-refractivity contribution in [3.8, 4) is 0 Å². The van der Waals surface area contributed by atoms with Gasteiger partial charge in [-0.3, -0.25) is 0 Å². The zero-order chi connectivity index (χ0) is 12.5. The summed E-state index contributed by atoms with van der Waals surface area (Å²) in [6.45, 7) is 1.86. The minimum Gasteiger partial charge on any atom is -0.479 e. The number of rotatable bonds is 3. The summed E-state index contributed by atoms with van der Waals surface area (Å²) in [5.74, 6) is -0.565. The van der Waals surface area contributed by atoms with Gasteiger partial charge in [0.05, 0.1) is 5.69 Å². The van der Waals surface area contributed by atoms with Crippen LogP contribution in [0.2, 0.25) is 0 Å². The first-order valence-corrected chi connectivity index (χ1v) is 6.49. The maximum absolute atomic E-state index is 13.5. The van der Waals surface area contributed by atoms with Crippen LogP contribution in [0.15, 0.2) is 24.3 Å². The van der Waals surface area contributed by atoms with Crippen molar-refractivity contribution in [1.82, 2.24) is 0 Å². The summed E-state index contributed by atoms with van der Waals surface area (Å²) in [5.41, 5.74) is -0.809. The van der Waals surface area contributed by atoms with Crippen LogP contribution in [-0.4, -0.2) is 27.6 Å². The van der Waals surface area contributed by atoms with E-state index in [1.165, 1.54) is 6.07 Å². The molecule has 1 fully saturated rings. The lowest BCUT2D eigenvalue weighted by Gasteiger charge is -2.30. The van der Waals surface area contributed by atoms with Gasteiger partial charge in [-0.15, -0.1) is 0 Å². The molecule has 1 aromatic carbocycles. The molecule has 0 aliphatic carbocycles. The zero-order valence-electron chi connectivity index (χ0n) is 9.44. The third kappa shape index (κ3) is 2.11. The van der Waals surface area contributed by atoms with E-state index in [1.807, 2.05) is 6.92 Å². The van der Waals surface area contributed by atoms with Gasteiger partial charge in [0.1, 0.15) is 11.4 Å². The van der Waals surface area contributed by atoms with Crippen LogP contribution in [0.1, 0.15) is 13.3 Å². The number of thioether (sulfide) groups is 1. The molecule has 5 heteroatoms. The molecule has 1 aliphatic rings. The fourth-order valence-electron chi connectivity index (χ4n) is 2.04. The van der Waals surface area contributed by atoms with Crippen molar-refractivity contribution in [3.63, 3.8) is 0 Å². The highest BCUT2D eigenvalue weighted by atomic mass is 32.2. The van der Waals surface area contributed by atoms with Crippen LogP contribution < -0.4 is 5.32 Å². The molecule has 0 saturated carbocycles. The van der Waals surface area contributed by atoms with Crippen molar-refractivity contribution in [2.75, 3.05) is 11.1 Å². The number of hydrogen-bond acceptors (Lipinski definition) is 3. The molecular weight excluding hydrogens is 241 g/mol. The van der Waals surface area contributed by atoms with Crippen LogP contribution in [0.4, 0.5) is 10.1 Å². The Labute approximate surface area is 103 Å². The first kappa shape index (κ1) is 12.2. The van der Waals surface area contributed by atoms with E-state index >= 15 is 0 Å². The van der Waals surface area contributed by atoms with Crippen molar-refractivity contribution in [2.24, 2.45) is 0 Å². The molecule has 2 unspecified atom stereocenters. The average molecular weight is 255 g/mol. The predicted octanol–water partition coefficient (Wildman–Crippen LogP) is 2.59. The molecule has 17 heavy (non-hydrogen) atoms. The highest BCUT2D eigenvalue weighted by molar-refractivity contribution is 8.00. The molecule has 0 aromatic heterocycles. The molecule has 1 aromatic rings. The Balaban J connectivity index is 2.31. The van der Waals surface area contributed by atoms with Gasteiger partial charge < -0.3 is 10.4 Å². The number of carboxylic acid groups (broad SMARTS) is 1. The summed E-state index contributed by atoms with van der Waals surface area (Å²) in [5, 5.41) is 12.2. The predicted molar refractivity (Wildman–Crippen MR) is 66.9 cm³/mol. The van der Waals surface area contributed by atoms with E-state index in [0.29, 0.717) is 6.42 Å². The lowest BCUT2D eigenvalue weighted by atomic mass is 9.92. The Kier molecular flexibility index (Phi) is 3.28. The monoisotopic (exact) mass is 255 g/mol. The Morgan fingerprint density at radius 3 is 2.82 bits per heavy atom. The summed E-state index contributed by atoms with van der Waals surface area (Å²) in [6, 6.07) is 6.16. The van der Waals surface area contributed by atoms with E-state index in [4.69, 9.17) is 0 Å². The molecule has 0 spiro atoms. The summed E-state index contributed by atoms with van der Waals surface area (Å²) in [4.78, 5) is 11.5. The lowest BCUT2D eigenvalue weighted by molar-refractivity contribution is -0.142. The van der Waals surface area contributed by atoms with Crippen LogP contribution in [0.5, 0.6) is 0 Å². The quantitative estimate of drug-likeness (QED) is 0.871. The van der Waals surface area contributed by atoms with Gasteiger partial charge in [0.2, 0.25) is 0 Å². The second-order valence-corrected chi connectivity index (χ2v) is 5.59. The molecule has 2 atom stereocenters. The Morgan fingerprint density at radius 2 is 2.29 bits per heavy atom. The molecule has 92 valence electrons. The smallest absolute Gasteiger partial charge is 0.330 e. The minimum absolute atomic E-state index is 0.0837. The van der Waals surface area contributed by atoms with E-state index in [1.54, 1.807) is 30.0 Å². The van der Waals surface area contributed by atoms with Gasteiger partial charge in [-0.05, 0) is 24.3 Å². The molecule has 0 amide bonds. The largest absolute Gasteiger partial charge is 0.479 e. The molecular formula is C12H14FNO2S. The van der Waals surface area contributed by atoms with E-state index in [0.717, 1.165) is 5.75 Å². The van der Waals surface area contributed by atoms with Crippen molar-refractivity contribution in [1.29, 1.82) is 0 Å². The van der Waals surface area contributed by atoms with E-state index in [2.05, 4.69) is 5.32 Å². The van der Waals surface area contributed by atoms with Crippen LogP contribution in [0.25, 0.3) is 0 Å². The van der Waals surface area contributed by atoms with Gasteiger partial charge in [0.15, 0.2) is 0 Å². The molecule has 2 rings (SSSR count). The van der Waals surface area contributed by atoms with Gasteiger partial charge >= 0.3 is 5.97 Å². The Bertz CT molecular complexity index is 440. The van der Waals surface area contributed by atoms with E-state index in [9.17, 15) is 14.3 Å². The normalized spacial score (nSPS) is 28.0. The Hall–Kier alpha value is -1.23. The number of halogens is 1. The minimum atomic E-state index is -1.06. The average Bonchev–Trinajstić information content (AvgIpc) is 2.65.